The number of rotatable bonds is 6. The van der Waals surface area contributed by atoms with Crippen LogP contribution >= 0.6 is 11.6 Å². The fraction of sp³-hybridized carbons (Fsp3) is 0.0714. The number of amides is 1. The van der Waals surface area contributed by atoms with Crippen molar-refractivity contribution >= 4 is 28.3 Å². The van der Waals surface area contributed by atoms with Gasteiger partial charge < -0.3 is 9.84 Å². The van der Waals surface area contributed by atoms with Crippen LogP contribution in [0.2, 0.25) is 5.02 Å². The lowest BCUT2D eigenvalue weighted by Gasteiger charge is -2.21. The highest BCUT2D eigenvalue weighted by Gasteiger charge is 2.23. The fourth-order valence-corrected chi connectivity index (χ4v) is 4.19. The van der Waals surface area contributed by atoms with Crippen LogP contribution in [-0.4, -0.2) is 11.1 Å². The Bertz CT molecular complexity index is 1390. The zero-order valence-corrected chi connectivity index (χ0v) is 18.5. The molecule has 4 nitrogen and oxygen atoms in total. The minimum Gasteiger partial charge on any atom is -0.360 e. The zero-order chi connectivity index (χ0) is 22.6. The van der Waals surface area contributed by atoms with Gasteiger partial charge >= 0.3 is 0 Å². The van der Waals surface area contributed by atoms with Crippen LogP contribution in [0.3, 0.4) is 0 Å². The first-order valence-electron chi connectivity index (χ1n) is 10.7. The van der Waals surface area contributed by atoms with Crippen LogP contribution in [0.1, 0.15) is 38.9 Å². The number of carbonyl (C=O) groups is 1. The minimum atomic E-state index is -0.375. The van der Waals surface area contributed by atoms with Gasteiger partial charge in [-0.25, -0.2) is 0 Å². The first-order valence-corrected chi connectivity index (χ1v) is 11.1. The molecule has 4 aromatic carbocycles. The van der Waals surface area contributed by atoms with E-state index in [0.29, 0.717) is 22.8 Å². The van der Waals surface area contributed by atoms with Crippen LogP contribution in [0.5, 0.6) is 0 Å². The van der Waals surface area contributed by atoms with Gasteiger partial charge in [0.25, 0.3) is 5.91 Å². The van der Waals surface area contributed by atoms with E-state index in [9.17, 15) is 4.79 Å². The number of fused-ring (bicyclic) bond motifs is 1. The third kappa shape index (κ3) is 4.52. The lowest BCUT2D eigenvalue weighted by atomic mass is 9.93. The Hall–Kier alpha value is -3.89. The van der Waals surface area contributed by atoms with Crippen molar-refractivity contribution in [1.82, 2.24) is 10.5 Å². The molecule has 5 heteroatoms. The first-order chi connectivity index (χ1) is 16.2. The molecule has 0 spiro atoms. The van der Waals surface area contributed by atoms with E-state index in [2.05, 4.69) is 28.7 Å². The van der Waals surface area contributed by atoms with Crippen LogP contribution < -0.4 is 5.32 Å². The molecule has 0 radical (unpaired) electrons. The lowest BCUT2D eigenvalue weighted by molar-refractivity contribution is 0.0941. The molecular formula is C28H21ClN2O2. The SMILES string of the molecule is O=C(NC(c1ccc(Cl)cc1)c1cccc2ccccc12)c1cnoc1Cc1ccccc1. The highest BCUT2D eigenvalue weighted by Crippen LogP contribution is 2.30. The monoisotopic (exact) mass is 452 g/mol. The summed E-state index contributed by atoms with van der Waals surface area (Å²) < 4.78 is 5.44. The topological polar surface area (TPSA) is 55.1 Å². The number of aromatic nitrogens is 1. The van der Waals surface area contributed by atoms with Crippen molar-refractivity contribution in [2.75, 3.05) is 0 Å². The largest absolute Gasteiger partial charge is 0.360 e. The number of hydrogen-bond acceptors (Lipinski definition) is 3. The molecule has 5 aromatic rings. The van der Waals surface area contributed by atoms with Crippen LogP contribution in [0.15, 0.2) is 108 Å². The second kappa shape index (κ2) is 9.31. The molecule has 0 aliphatic heterocycles. The summed E-state index contributed by atoms with van der Waals surface area (Å²) in [6, 6.07) is 31.3. The van der Waals surface area contributed by atoms with Gasteiger partial charge in [0.15, 0.2) is 5.76 Å². The number of benzene rings is 4. The molecule has 1 aromatic heterocycles. The van der Waals surface area contributed by atoms with Crippen molar-refractivity contribution in [1.29, 1.82) is 0 Å². The van der Waals surface area contributed by atoms with E-state index >= 15 is 0 Å². The van der Waals surface area contributed by atoms with Gasteiger partial charge in [-0.2, -0.15) is 0 Å². The standard InChI is InChI=1S/C28H21ClN2O2/c29-22-15-13-21(14-16-22)27(24-12-6-10-20-9-4-5-11-23(20)24)31-28(32)25-18-30-33-26(25)17-19-7-2-1-3-8-19/h1-16,18,27H,17H2,(H,31,32). The van der Waals surface area contributed by atoms with Crippen molar-refractivity contribution < 1.29 is 9.32 Å². The number of hydrogen-bond donors (Lipinski definition) is 1. The van der Waals surface area contributed by atoms with Crippen molar-refractivity contribution in [2.24, 2.45) is 0 Å². The van der Waals surface area contributed by atoms with Gasteiger partial charge in [0.2, 0.25) is 0 Å². The molecule has 162 valence electrons. The van der Waals surface area contributed by atoms with Crippen molar-refractivity contribution in [3.8, 4) is 0 Å². The molecule has 33 heavy (non-hydrogen) atoms. The molecule has 1 N–H and O–H groups in total. The molecule has 1 amide bonds. The minimum absolute atomic E-state index is 0.241. The third-order valence-electron chi connectivity index (χ3n) is 5.71. The third-order valence-corrected chi connectivity index (χ3v) is 5.96. The summed E-state index contributed by atoms with van der Waals surface area (Å²) in [6.45, 7) is 0. The Morgan fingerprint density at radius 3 is 2.42 bits per heavy atom. The molecular weight excluding hydrogens is 432 g/mol. The highest BCUT2D eigenvalue weighted by molar-refractivity contribution is 6.30. The summed E-state index contributed by atoms with van der Waals surface area (Å²) in [6.07, 6.45) is 1.97. The van der Waals surface area contributed by atoms with E-state index in [1.54, 1.807) is 0 Å². The maximum atomic E-state index is 13.4. The van der Waals surface area contributed by atoms with Crippen molar-refractivity contribution in [2.45, 2.75) is 12.5 Å². The predicted octanol–water partition coefficient (Wildman–Crippen LogP) is 6.59. The maximum Gasteiger partial charge on any atom is 0.257 e. The average Bonchev–Trinajstić information content (AvgIpc) is 3.32. The van der Waals surface area contributed by atoms with Crippen LogP contribution in [0, 0.1) is 0 Å². The van der Waals surface area contributed by atoms with Gasteiger partial charge in [-0.15, -0.1) is 0 Å². The average molecular weight is 453 g/mol. The van der Waals surface area contributed by atoms with Crippen LogP contribution in [0.25, 0.3) is 10.8 Å². The molecule has 0 aliphatic rings. The Labute approximate surface area is 196 Å². The van der Waals surface area contributed by atoms with E-state index in [4.69, 9.17) is 16.1 Å². The van der Waals surface area contributed by atoms with Gasteiger partial charge in [0.1, 0.15) is 5.56 Å². The van der Waals surface area contributed by atoms with Gasteiger partial charge in [0, 0.05) is 11.4 Å². The predicted molar refractivity (Wildman–Crippen MR) is 130 cm³/mol. The number of nitrogens with one attached hydrogen (secondary N) is 1. The normalized spacial score (nSPS) is 11.9. The quantitative estimate of drug-likeness (QED) is 0.316. The van der Waals surface area contributed by atoms with E-state index in [-0.39, 0.29) is 11.9 Å². The molecule has 0 aliphatic carbocycles. The summed E-state index contributed by atoms with van der Waals surface area (Å²) in [5.74, 6) is 0.293. The zero-order valence-electron chi connectivity index (χ0n) is 17.7. The summed E-state index contributed by atoms with van der Waals surface area (Å²) >= 11 is 6.13. The highest BCUT2D eigenvalue weighted by atomic mass is 35.5. The molecule has 0 bridgehead atoms. The maximum absolute atomic E-state index is 13.4. The lowest BCUT2D eigenvalue weighted by Crippen LogP contribution is -2.30. The Balaban J connectivity index is 1.52. The van der Waals surface area contributed by atoms with Gasteiger partial charge in [-0.05, 0) is 39.6 Å². The molecule has 0 saturated carbocycles. The summed E-state index contributed by atoms with van der Waals surface area (Å²) in [5, 5.41) is 9.94. The van der Waals surface area contributed by atoms with Crippen LogP contribution in [-0.2, 0) is 6.42 Å². The van der Waals surface area contributed by atoms with E-state index in [1.165, 1.54) is 6.20 Å². The molecule has 0 fully saturated rings. The Morgan fingerprint density at radius 1 is 0.879 bits per heavy atom. The van der Waals surface area contributed by atoms with Gasteiger partial charge in [-0.3, -0.25) is 4.79 Å². The Morgan fingerprint density at radius 2 is 1.61 bits per heavy atom. The number of nitrogens with zero attached hydrogens (tertiary/aromatic N) is 1. The van der Waals surface area contributed by atoms with E-state index < -0.39 is 0 Å². The molecule has 5 rings (SSSR count). The Kier molecular flexibility index (Phi) is 5.92. The van der Waals surface area contributed by atoms with E-state index in [0.717, 1.165) is 27.5 Å². The van der Waals surface area contributed by atoms with Gasteiger partial charge in [0.05, 0.1) is 12.2 Å². The van der Waals surface area contributed by atoms with E-state index in [1.807, 2.05) is 78.9 Å². The molecule has 1 unspecified atom stereocenters. The van der Waals surface area contributed by atoms with Crippen molar-refractivity contribution in [3.05, 3.63) is 136 Å². The number of halogens is 1. The molecule has 1 atom stereocenters. The van der Waals surface area contributed by atoms with Gasteiger partial charge in [-0.1, -0.05) is 102 Å². The first kappa shape index (κ1) is 21.0. The second-order valence-electron chi connectivity index (χ2n) is 7.85. The smallest absolute Gasteiger partial charge is 0.257 e. The van der Waals surface area contributed by atoms with Crippen LogP contribution in [0.4, 0.5) is 0 Å². The summed E-state index contributed by atoms with van der Waals surface area (Å²) in [4.78, 5) is 13.4. The summed E-state index contributed by atoms with van der Waals surface area (Å²) in [7, 11) is 0. The fourth-order valence-electron chi connectivity index (χ4n) is 4.06. The second-order valence-corrected chi connectivity index (χ2v) is 8.29. The number of carbonyl (C=O) groups excluding carboxylic acids is 1. The summed E-state index contributed by atoms with van der Waals surface area (Å²) in [5.41, 5.74) is 3.42. The molecule has 1 heterocycles. The van der Waals surface area contributed by atoms with Crippen molar-refractivity contribution in [3.63, 3.8) is 0 Å². The molecule has 0 saturated heterocycles.